The first-order valence-electron chi connectivity index (χ1n) is 5.53. The Balaban J connectivity index is 2.12. The number of furan rings is 1. The molecule has 90 valence electrons. The van der Waals surface area contributed by atoms with Gasteiger partial charge < -0.3 is 9.73 Å². The maximum Gasteiger partial charge on any atom is 0.256 e. The molecule has 1 aliphatic heterocycles. The first-order chi connectivity index (χ1) is 8.65. The number of carbonyl (C=O) groups excluding carboxylic acids is 1. The minimum atomic E-state index is -0.0943. The summed E-state index contributed by atoms with van der Waals surface area (Å²) in [6.45, 7) is 1.94. The van der Waals surface area contributed by atoms with Crippen LogP contribution in [0.2, 0.25) is 0 Å². The minimum Gasteiger partial charge on any atom is -0.450 e. The van der Waals surface area contributed by atoms with Gasteiger partial charge in [-0.15, -0.1) is 0 Å². The molecular weight excluding hydrogens is 294 g/mol. The van der Waals surface area contributed by atoms with Crippen LogP contribution in [-0.2, 0) is 4.79 Å². The van der Waals surface area contributed by atoms with Gasteiger partial charge in [0.1, 0.15) is 5.76 Å². The molecule has 3 rings (SSSR count). The molecule has 1 aromatic carbocycles. The van der Waals surface area contributed by atoms with E-state index < -0.39 is 0 Å². The van der Waals surface area contributed by atoms with Crippen molar-refractivity contribution in [3.63, 3.8) is 0 Å². The summed E-state index contributed by atoms with van der Waals surface area (Å²) in [5.74, 6) is 0.604. The van der Waals surface area contributed by atoms with E-state index in [4.69, 9.17) is 4.42 Å². The summed E-state index contributed by atoms with van der Waals surface area (Å²) in [5.41, 5.74) is 3.38. The molecule has 1 aliphatic rings. The van der Waals surface area contributed by atoms with Gasteiger partial charge in [-0.1, -0.05) is 18.2 Å². The van der Waals surface area contributed by atoms with Crippen LogP contribution < -0.4 is 5.32 Å². The Morgan fingerprint density at radius 3 is 2.83 bits per heavy atom. The molecule has 0 bridgehead atoms. The molecule has 18 heavy (non-hydrogen) atoms. The smallest absolute Gasteiger partial charge is 0.256 e. The van der Waals surface area contributed by atoms with Crippen LogP contribution in [0.1, 0.15) is 16.9 Å². The Hall–Kier alpha value is -1.81. The molecule has 2 heterocycles. The second-order valence-corrected chi connectivity index (χ2v) is 4.94. The zero-order valence-electron chi connectivity index (χ0n) is 9.66. The van der Waals surface area contributed by atoms with Gasteiger partial charge in [-0.2, -0.15) is 0 Å². The maximum atomic E-state index is 11.9. The van der Waals surface area contributed by atoms with Crippen LogP contribution >= 0.6 is 15.9 Å². The van der Waals surface area contributed by atoms with Crippen LogP contribution in [0, 0.1) is 6.92 Å². The summed E-state index contributed by atoms with van der Waals surface area (Å²) >= 11 is 3.28. The van der Waals surface area contributed by atoms with E-state index in [1.807, 2.05) is 37.3 Å². The Bertz CT molecular complexity index is 670. The van der Waals surface area contributed by atoms with Crippen LogP contribution in [0.25, 0.3) is 11.6 Å². The molecule has 0 aliphatic carbocycles. The Morgan fingerprint density at radius 1 is 1.33 bits per heavy atom. The predicted octanol–water partition coefficient (Wildman–Crippen LogP) is 3.84. The van der Waals surface area contributed by atoms with E-state index in [2.05, 4.69) is 21.2 Å². The molecule has 1 amide bonds. The number of aryl methyl sites for hydroxylation is 1. The number of hydrogen-bond acceptors (Lipinski definition) is 2. The lowest BCUT2D eigenvalue weighted by Crippen LogP contribution is -2.03. The number of nitrogens with one attached hydrogen (secondary N) is 1. The molecule has 1 N–H and O–H groups in total. The van der Waals surface area contributed by atoms with Gasteiger partial charge in [-0.05, 0) is 46.6 Å². The maximum absolute atomic E-state index is 11.9. The highest BCUT2D eigenvalue weighted by Crippen LogP contribution is 2.33. The fourth-order valence-electron chi connectivity index (χ4n) is 2.01. The number of amides is 1. The summed E-state index contributed by atoms with van der Waals surface area (Å²) in [5, 5.41) is 2.83. The van der Waals surface area contributed by atoms with Crippen molar-refractivity contribution in [2.45, 2.75) is 6.92 Å². The molecule has 0 spiro atoms. The Morgan fingerprint density at radius 2 is 2.11 bits per heavy atom. The van der Waals surface area contributed by atoms with E-state index in [9.17, 15) is 4.79 Å². The molecular formula is C14H10BrNO2. The van der Waals surface area contributed by atoms with Crippen molar-refractivity contribution >= 4 is 39.2 Å². The zero-order valence-corrected chi connectivity index (χ0v) is 11.2. The van der Waals surface area contributed by atoms with E-state index in [0.29, 0.717) is 16.0 Å². The number of fused-ring (bicyclic) bond motifs is 1. The highest BCUT2D eigenvalue weighted by Gasteiger charge is 2.24. The van der Waals surface area contributed by atoms with Crippen molar-refractivity contribution in [3.05, 3.63) is 51.9 Å². The molecule has 0 radical (unpaired) electrons. The summed E-state index contributed by atoms with van der Waals surface area (Å²) in [7, 11) is 0. The quantitative estimate of drug-likeness (QED) is 0.813. The SMILES string of the molecule is Cc1cc(Br)oc1C=C1C(=O)Nc2ccccc21. The molecule has 2 aromatic rings. The largest absolute Gasteiger partial charge is 0.450 e. The Kier molecular flexibility index (Phi) is 2.59. The second-order valence-electron chi connectivity index (χ2n) is 4.16. The fourth-order valence-corrected chi connectivity index (χ4v) is 2.53. The standard InChI is InChI=1S/C14H10BrNO2/c1-8-6-13(15)18-12(8)7-10-9-4-2-3-5-11(9)16-14(10)17/h2-7H,1H3,(H,16,17). The monoisotopic (exact) mass is 303 g/mol. The number of anilines is 1. The molecule has 4 heteroatoms. The summed E-state index contributed by atoms with van der Waals surface area (Å²) in [6.07, 6.45) is 1.78. The average Bonchev–Trinajstić information content (AvgIpc) is 2.81. The summed E-state index contributed by atoms with van der Waals surface area (Å²) in [4.78, 5) is 11.9. The molecule has 0 atom stereocenters. The molecule has 3 nitrogen and oxygen atoms in total. The van der Waals surface area contributed by atoms with Crippen molar-refractivity contribution in [1.29, 1.82) is 0 Å². The number of carbonyl (C=O) groups is 1. The number of rotatable bonds is 1. The van der Waals surface area contributed by atoms with E-state index >= 15 is 0 Å². The minimum absolute atomic E-state index is 0.0943. The number of para-hydroxylation sites is 1. The van der Waals surface area contributed by atoms with Gasteiger partial charge in [0.15, 0.2) is 4.67 Å². The summed E-state index contributed by atoms with van der Waals surface area (Å²) in [6, 6.07) is 9.51. The van der Waals surface area contributed by atoms with Crippen molar-refractivity contribution < 1.29 is 9.21 Å². The van der Waals surface area contributed by atoms with Crippen LogP contribution in [0.3, 0.4) is 0 Å². The fraction of sp³-hybridized carbons (Fsp3) is 0.0714. The van der Waals surface area contributed by atoms with Gasteiger partial charge >= 0.3 is 0 Å². The third-order valence-electron chi connectivity index (χ3n) is 2.91. The molecule has 0 saturated heterocycles. The number of halogens is 1. The second kappa shape index (κ2) is 4.14. The average molecular weight is 304 g/mol. The third-order valence-corrected chi connectivity index (χ3v) is 3.30. The van der Waals surface area contributed by atoms with Crippen LogP contribution in [-0.4, -0.2) is 5.91 Å². The van der Waals surface area contributed by atoms with Crippen LogP contribution in [0.5, 0.6) is 0 Å². The van der Waals surface area contributed by atoms with Crippen molar-refractivity contribution in [3.8, 4) is 0 Å². The van der Waals surface area contributed by atoms with E-state index in [0.717, 1.165) is 16.8 Å². The lowest BCUT2D eigenvalue weighted by atomic mass is 10.1. The topological polar surface area (TPSA) is 42.2 Å². The van der Waals surface area contributed by atoms with Gasteiger partial charge in [0.05, 0.1) is 5.57 Å². The van der Waals surface area contributed by atoms with Crippen molar-refractivity contribution in [2.75, 3.05) is 5.32 Å². The van der Waals surface area contributed by atoms with Crippen molar-refractivity contribution in [2.24, 2.45) is 0 Å². The lowest BCUT2D eigenvalue weighted by Gasteiger charge is -1.96. The van der Waals surface area contributed by atoms with E-state index in [1.165, 1.54) is 0 Å². The van der Waals surface area contributed by atoms with Gasteiger partial charge in [0.25, 0.3) is 5.91 Å². The predicted molar refractivity (Wildman–Crippen MR) is 74.1 cm³/mol. The summed E-state index contributed by atoms with van der Waals surface area (Å²) < 4.78 is 6.17. The molecule has 1 aromatic heterocycles. The van der Waals surface area contributed by atoms with Gasteiger partial charge in [0.2, 0.25) is 0 Å². The third kappa shape index (κ3) is 1.78. The first-order valence-corrected chi connectivity index (χ1v) is 6.33. The number of hydrogen-bond donors (Lipinski definition) is 1. The van der Waals surface area contributed by atoms with Gasteiger partial charge in [-0.3, -0.25) is 4.79 Å². The molecule has 0 saturated carbocycles. The highest BCUT2D eigenvalue weighted by molar-refractivity contribution is 9.10. The van der Waals surface area contributed by atoms with Gasteiger partial charge in [-0.25, -0.2) is 0 Å². The lowest BCUT2D eigenvalue weighted by molar-refractivity contribution is -0.110. The number of benzene rings is 1. The zero-order chi connectivity index (χ0) is 12.7. The Labute approximate surface area is 113 Å². The van der Waals surface area contributed by atoms with E-state index in [1.54, 1.807) is 6.08 Å². The van der Waals surface area contributed by atoms with Crippen LogP contribution in [0.4, 0.5) is 5.69 Å². The first kappa shape index (κ1) is 11.3. The van der Waals surface area contributed by atoms with E-state index in [-0.39, 0.29) is 5.91 Å². The van der Waals surface area contributed by atoms with Gasteiger partial charge in [0, 0.05) is 11.3 Å². The highest BCUT2D eigenvalue weighted by atomic mass is 79.9. The molecule has 0 unspecified atom stereocenters. The van der Waals surface area contributed by atoms with Crippen molar-refractivity contribution in [1.82, 2.24) is 0 Å². The van der Waals surface area contributed by atoms with Crippen LogP contribution in [0.15, 0.2) is 39.4 Å². The molecule has 0 fully saturated rings. The normalized spacial score (nSPS) is 15.9.